The van der Waals surface area contributed by atoms with Crippen LogP contribution in [0.25, 0.3) is 10.9 Å². The SMILES string of the molecule is CCc1[nH]c2ccccc2c1N[C@@H](CCSC)C(C)=O. The van der Waals surface area contributed by atoms with Gasteiger partial charge in [0.05, 0.1) is 11.7 Å². The Morgan fingerprint density at radius 2 is 2.15 bits per heavy atom. The molecule has 2 N–H and O–H groups in total. The molecular weight excluding hydrogens is 268 g/mol. The molecule has 0 aliphatic heterocycles. The van der Waals surface area contributed by atoms with Gasteiger partial charge in [0.25, 0.3) is 0 Å². The summed E-state index contributed by atoms with van der Waals surface area (Å²) in [6, 6.07) is 8.12. The third-order valence-corrected chi connectivity index (χ3v) is 4.20. The zero-order chi connectivity index (χ0) is 14.5. The zero-order valence-electron chi connectivity index (χ0n) is 12.3. The summed E-state index contributed by atoms with van der Waals surface area (Å²) in [5.74, 6) is 1.19. The minimum Gasteiger partial charge on any atom is -0.373 e. The number of aryl methyl sites for hydroxylation is 1. The average Bonchev–Trinajstić information content (AvgIpc) is 2.81. The molecule has 0 unspecified atom stereocenters. The number of carbonyl (C=O) groups is 1. The van der Waals surface area contributed by atoms with Gasteiger partial charge in [-0.15, -0.1) is 0 Å². The van der Waals surface area contributed by atoms with Crippen molar-refractivity contribution in [2.24, 2.45) is 0 Å². The lowest BCUT2D eigenvalue weighted by molar-refractivity contribution is -0.117. The maximum Gasteiger partial charge on any atom is 0.151 e. The van der Waals surface area contributed by atoms with Crippen LogP contribution >= 0.6 is 11.8 Å². The largest absolute Gasteiger partial charge is 0.373 e. The van der Waals surface area contributed by atoms with Gasteiger partial charge in [0.15, 0.2) is 5.78 Å². The summed E-state index contributed by atoms with van der Waals surface area (Å²) in [4.78, 5) is 15.3. The number of fused-ring (bicyclic) bond motifs is 1. The van der Waals surface area contributed by atoms with E-state index in [-0.39, 0.29) is 11.8 Å². The molecule has 1 aromatic heterocycles. The lowest BCUT2D eigenvalue weighted by atomic mass is 10.1. The first-order chi connectivity index (χ1) is 9.67. The van der Waals surface area contributed by atoms with E-state index in [1.165, 1.54) is 11.1 Å². The number of hydrogen-bond donors (Lipinski definition) is 2. The van der Waals surface area contributed by atoms with E-state index < -0.39 is 0 Å². The molecular formula is C16H22N2OS. The number of anilines is 1. The van der Waals surface area contributed by atoms with Crippen LogP contribution in [-0.2, 0) is 11.2 Å². The lowest BCUT2D eigenvalue weighted by Crippen LogP contribution is -2.28. The monoisotopic (exact) mass is 290 g/mol. The first-order valence-corrected chi connectivity index (χ1v) is 8.42. The lowest BCUT2D eigenvalue weighted by Gasteiger charge is -2.17. The summed E-state index contributed by atoms with van der Waals surface area (Å²) in [7, 11) is 0. The van der Waals surface area contributed by atoms with Crippen molar-refractivity contribution in [3.8, 4) is 0 Å². The quantitative estimate of drug-likeness (QED) is 0.814. The number of para-hydroxylation sites is 1. The van der Waals surface area contributed by atoms with Gasteiger partial charge in [-0.1, -0.05) is 25.1 Å². The number of aromatic nitrogens is 1. The Hall–Kier alpha value is -1.42. The van der Waals surface area contributed by atoms with Crippen LogP contribution in [0.3, 0.4) is 0 Å². The maximum atomic E-state index is 11.8. The highest BCUT2D eigenvalue weighted by Gasteiger charge is 2.17. The fourth-order valence-corrected chi connectivity index (χ4v) is 2.89. The van der Waals surface area contributed by atoms with Crippen molar-refractivity contribution in [1.29, 1.82) is 0 Å². The molecule has 4 heteroatoms. The number of aromatic amines is 1. The van der Waals surface area contributed by atoms with Gasteiger partial charge in [0.1, 0.15) is 0 Å². The molecule has 0 aliphatic rings. The molecule has 0 aliphatic carbocycles. The number of carbonyl (C=O) groups excluding carboxylic acids is 1. The Kier molecular flexibility index (Phi) is 5.12. The molecule has 3 nitrogen and oxygen atoms in total. The summed E-state index contributed by atoms with van der Waals surface area (Å²) in [5, 5.41) is 4.63. The molecule has 1 heterocycles. The third-order valence-electron chi connectivity index (χ3n) is 3.56. The molecule has 0 radical (unpaired) electrons. The highest BCUT2D eigenvalue weighted by Crippen LogP contribution is 2.29. The fraction of sp³-hybridized carbons (Fsp3) is 0.438. The molecule has 108 valence electrons. The molecule has 0 spiro atoms. The molecule has 20 heavy (non-hydrogen) atoms. The molecule has 1 atom stereocenters. The first kappa shape index (κ1) is 15.0. The van der Waals surface area contributed by atoms with Crippen LogP contribution in [0.5, 0.6) is 0 Å². The van der Waals surface area contributed by atoms with Crippen LogP contribution < -0.4 is 5.32 Å². The molecule has 0 saturated heterocycles. The number of nitrogens with one attached hydrogen (secondary N) is 2. The Bertz CT molecular complexity index is 591. The van der Waals surface area contributed by atoms with E-state index in [1.54, 1.807) is 18.7 Å². The van der Waals surface area contributed by atoms with Crippen LogP contribution in [0.15, 0.2) is 24.3 Å². The van der Waals surface area contributed by atoms with E-state index in [1.807, 2.05) is 12.1 Å². The predicted octanol–water partition coefficient (Wildman–Crippen LogP) is 3.85. The normalized spacial score (nSPS) is 12.6. The van der Waals surface area contributed by atoms with Gasteiger partial charge < -0.3 is 10.3 Å². The van der Waals surface area contributed by atoms with E-state index in [9.17, 15) is 4.79 Å². The summed E-state index contributed by atoms with van der Waals surface area (Å²) in [6.07, 6.45) is 3.85. The van der Waals surface area contributed by atoms with Crippen LogP contribution in [-0.4, -0.2) is 28.8 Å². The molecule has 0 saturated carbocycles. The average molecular weight is 290 g/mol. The number of hydrogen-bond acceptors (Lipinski definition) is 3. The van der Waals surface area contributed by atoms with Gasteiger partial charge in [0, 0.05) is 16.6 Å². The van der Waals surface area contributed by atoms with Crippen molar-refractivity contribution in [3.63, 3.8) is 0 Å². The first-order valence-electron chi connectivity index (χ1n) is 7.02. The van der Waals surface area contributed by atoms with Gasteiger partial charge in [-0.2, -0.15) is 11.8 Å². The van der Waals surface area contributed by atoms with Gasteiger partial charge in [-0.3, -0.25) is 4.79 Å². The standard InChI is InChI=1S/C16H22N2OS/c1-4-13-16(12-7-5-6-8-15(12)17-13)18-14(11(2)19)9-10-20-3/h5-8,14,17-18H,4,9-10H2,1-3H3/t14-/m0/s1. The van der Waals surface area contributed by atoms with E-state index in [0.29, 0.717) is 0 Å². The smallest absolute Gasteiger partial charge is 0.151 e. The number of thioether (sulfide) groups is 1. The van der Waals surface area contributed by atoms with Crippen LogP contribution in [0, 0.1) is 0 Å². The molecule has 2 aromatic rings. The molecule has 0 bridgehead atoms. The summed E-state index contributed by atoms with van der Waals surface area (Å²) in [5.41, 5.74) is 3.38. The highest BCUT2D eigenvalue weighted by atomic mass is 32.2. The Morgan fingerprint density at radius 1 is 1.40 bits per heavy atom. The molecule has 1 aromatic carbocycles. The molecule has 0 fully saturated rings. The van der Waals surface area contributed by atoms with Crippen molar-refractivity contribution in [1.82, 2.24) is 4.98 Å². The Labute approximate surface area is 124 Å². The van der Waals surface area contributed by atoms with Gasteiger partial charge in [-0.05, 0) is 37.8 Å². The van der Waals surface area contributed by atoms with Gasteiger partial charge >= 0.3 is 0 Å². The van der Waals surface area contributed by atoms with Crippen LogP contribution in [0.2, 0.25) is 0 Å². The predicted molar refractivity (Wildman–Crippen MR) is 88.8 cm³/mol. The van der Waals surface area contributed by atoms with Crippen LogP contribution in [0.1, 0.15) is 26.0 Å². The number of Topliss-reactive ketones (excluding diaryl/α,β-unsaturated/α-hetero) is 1. The van der Waals surface area contributed by atoms with E-state index in [4.69, 9.17) is 0 Å². The third kappa shape index (κ3) is 3.18. The molecule has 2 rings (SSSR count). The van der Waals surface area contributed by atoms with Crippen LogP contribution in [0.4, 0.5) is 5.69 Å². The second-order valence-corrected chi connectivity index (χ2v) is 5.95. The Balaban J connectivity index is 2.32. The van der Waals surface area contributed by atoms with Crippen molar-refractivity contribution in [2.75, 3.05) is 17.3 Å². The van der Waals surface area contributed by atoms with Gasteiger partial charge in [0.2, 0.25) is 0 Å². The second kappa shape index (κ2) is 6.84. The van der Waals surface area contributed by atoms with E-state index in [0.717, 1.165) is 29.8 Å². The van der Waals surface area contributed by atoms with Crippen molar-refractivity contribution in [3.05, 3.63) is 30.0 Å². The number of ketones is 1. The number of benzene rings is 1. The topological polar surface area (TPSA) is 44.9 Å². The summed E-state index contributed by atoms with van der Waals surface area (Å²) < 4.78 is 0. The molecule has 0 amide bonds. The Morgan fingerprint density at radius 3 is 2.80 bits per heavy atom. The zero-order valence-corrected chi connectivity index (χ0v) is 13.1. The maximum absolute atomic E-state index is 11.8. The van der Waals surface area contributed by atoms with E-state index in [2.05, 4.69) is 35.6 Å². The number of H-pyrrole nitrogens is 1. The van der Waals surface area contributed by atoms with Crippen molar-refractivity contribution in [2.45, 2.75) is 32.7 Å². The summed E-state index contributed by atoms with van der Waals surface area (Å²) in [6.45, 7) is 3.79. The highest BCUT2D eigenvalue weighted by molar-refractivity contribution is 7.98. The fourth-order valence-electron chi connectivity index (χ4n) is 2.41. The van der Waals surface area contributed by atoms with Gasteiger partial charge in [-0.25, -0.2) is 0 Å². The summed E-state index contributed by atoms with van der Waals surface area (Å²) >= 11 is 1.77. The van der Waals surface area contributed by atoms with Crippen molar-refractivity contribution < 1.29 is 4.79 Å². The minimum absolute atomic E-state index is 0.105. The number of rotatable bonds is 7. The minimum atomic E-state index is -0.105. The van der Waals surface area contributed by atoms with Crippen molar-refractivity contribution >= 4 is 34.1 Å². The second-order valence-electron chi connectivity index (χ2n) is 4.97. The van der Waals surface area contributed by atoms with E-state index >= 15 is 0 Å².